The molecule has 0 spiro atoms. The third-order valence-corrected chi connectivity index (χ3v) is 3.58. The molecular weight excluding hydrogens is 240 g/mol. The summed E-state index contributed by atoms with van der Waals surface area (Å²) in [6.45, 7) is 7.40. The summed E-state index contributed by atoms with van der Waals surface area (Å²) in [5.41, 5.74) is 2.33. The molecule has 1 aromatic rings. The lowest BCUT2D eigenvalue weighted by molar-refractivity contribution is 0.354. The minimum Gasteiger partial charge on any atom is -0.493 e. The van der Waals surface area contributed by atoms with Crippen LogP contribution in [-0.2, 0) is 0 Å². The fourth-order valence-corrected chi connectivity index (χ4v) is 2.21. The molecule has 0 aliphatic carbocycles. The van der Waals surface area contributed by atoms with E-state index in [4.69, 9.17) is 9.47 Å². The second-order valence-electron chi connectivity index (χ2n) is 5.40. The first kappa shape index (κ1) is 15.6. The van der Waals surface area contributed by atoms with Gasteiger partial charge in [0.15, 0.2) is 11.5 Å². The average molecular weight is 266 g/mol. The van der Waals surface area contributed by atoms with Crippen molar-refractivity contribution in [3.8, 4) is 11.5 Å². The number of nitrogens with zero attached hydrogens (tertiary/aromatic N) is 1. The third kappa shape index (κ3) is 3.32. The zero-order chi connectivity index (χ0) is 14.6. The van der Waals surface area contributed by atoms with E-state index in [2.05, 4.69) is 38.0 Å². The van der Waals surface area contributed by atoms with Crippen molar-refractivity contribution in [2.45, 2.75) is 26.3 Å². The topological polar surface area (TPSA) is 33.7 Å². The van der Waals surface area contributed by atoms with E-state index in [1.54, 1.807) is 14.2 Å². The van der Waals surface area contributed by atoms with Gasteiger partial charge in [0.1, 0.15) is 0 Å². The van der Waals surface area contributed by atoms with Crippen LogP contribution in [0.15, 0.2) is 12.1 Å². The molecule has 0 aliphatic rings. The first-order valence-electron chi connectivity index (χ1n) is 6.48. The number of benzene rings is 1. The van der Waals surface area contributed by atoms with E-state index in [0.717, 1.165) is 23.7 Å². The van der Waals surface area contributed by atoms with Gasteiger partial charge in [-0.05, 0) is 39.4 Å². The Morgan fingerprint density at radius 3 is 2.16 bits per heavy atom. The third-order valence-electron chi connectivity index (χ3n) is 3.58. The average Bonchev–Trinajstić information content (AvgIpc) is 2.37. The van der Waals surface area contributed by atoms with Gasteiger partial charge < -0.3 is 19.7 Å². The Morgan fingerprint density at radius 2 is 1.68 bits per heavy atom. The van der Waals surface area contributed by atoms with Gasteiger partial charge in [-0.15, -0.1) is 0 Å². The van der Waals surface area contributed by atoms with Gasteiger partial charge in [-0.1, -0.05) is 0 Å². The molecule has 0 radical (unpaired) electrons. The maximum atomic E-state index is 5.39. The van der Waals surface area contributed by atoms with Gasteiger partial charge in [-0.2, -0.15) is 0 Å². The molecule has 4 nitrogen and oxygen atoms in total. The second kappa shape index (κ2) is 6.15. The van der Waals surface area contributed by atoms with Crippen LogP contribution in [0.3, 0.4) is 0 Å². The summed E-state index contributed by atoms with van der Waals surface area (Å²) in [6.07, 6.45) is 0. The standard InChI is InChI=1S/C15H26N2O2/c1-11-8-13(18-6)14(19-7)9-12(11)17(5)15(2,3)10-16-4/h8-9,16H,10H2,1-7H3. The number of hydrogen-bond donors (Lipinski definition) is 1. The summed E-state index contributed by atoms with van der Waals surface area (Å²) >= 11 is 0. The van der Waals surface area contributed by atoms with Crippen molar-refractivity contribution >= 4 is 5.69 Å². The predicted molar refractivity (Wildman–Crippen MR) is 80.7 cm³/mol. The van der Waals surface area contributed by atoms with E-state index < -0.39 is 0 Å². The Hall–Kier alpha value is -1.42. The lowest BCUT2D eigenvalue weighted by Crippen LogP contribution is -2.48. The first-order chi connectivity index (χ1) is 8.87. The monoisotopic (exact) mass is 266 g/mol. The normalized spacial score (nSPS) is 11.3. The van der Waals surface area contributed by atoms with Crippen molar-refractivity contribution in [3.05, 3.63) is 17.7 Å². The van der Waals surface area contributed by atoms with Gasteiger partial charge in [0.25, 0.3) is 0 Å². The second-order valence-corrected chi connectivity index (χ2v) is 5.40. The number of ether oxygens (including phenoxy) is 2. The minimum absolute atomic E-state index is 0.0130. The summed E-state index contributed by atoms with van der Waals surface area (Å²) in [4.78, 5) is 2.26. The Kier molecular flexibility index (Phi) is 5.06. The van der Waals surface area contributed by atoms with Gasteiger partial charge in [0.2, 0.25) is 0 Å². The molecule has 1 N–H and O–H groups in total. The first-order valence-corrected chi connectivity index (χ1v) is 6.48. The molecule has 0 atom stereocenters. The van der Waals surface area contributed by atoms with E-state index in [-0.39, 0.29) is 5.54 Å². The van der Waals surface area contributed by atoms with Crippen LogP contribution in [0.5, 0.6) is 11.5 Å². The van der Waals surface area contributed by atoms with Crippen LogP contribution in [0.1, 0.15) is 19.4 Å². The maximum absolute atomic E-state index is 5.39. The van der Waals surface area contributed by atoms with Gasteiger partial charge in [-0.25, -0.2) is 0 Å². The predicted octanol–water partition coefficient (Wildman–Crippen LogP) is 2.45. The summed E-state index contributed by atoms with van der Waals surface area (Å²) in [5.74, 6) is 1.53. The zero-order valence-corrected chi connectivity index (χ0v) is 13.1. The minimum atomic E-state index is 0.0130. The Bertz CT molecular complexity index is 430. The van der Waals surface area contributed by atoms with Crippen molar-refractivity contribution in [3.63, 3.8) is 0 Å². The van der Waals surface area contributed by atoms with Crippen LogP contribution in [0, 0.1) is 6.92 Å². The Balaban J connectivity index is 3.20. The number of methoxy groups -OCH3 is 2. The number of anilines is 1. The zero-order valence-electron chi connectivity index (χ0n) is 13.1. The van der Waals surface area contributed by atoms with Crippen LogP contribution >= 0.6 is 0 Å². The molecule has 19 heavy (non-hydrogen) atoms. The van der Waals surface area contributed by atoms with E-state index in [1.807, 2.05) is 19.2 Å². The molecule has 1 rings (SSSR count). The molecule has 0 aliphatic heterocycles. The lowest BCUT2D eigenvalue weighted by Gasteiger charge is -2.38. The molecule has 108 valence electrons. The van der Waals surface area contributed by atoms with Crippen LogP contribution in [0.25, 0.3) is 0 Å². The van der Waals surface area contributed by atoms with Crippen molar-refractivity contribution in [2.75, 3.05) is 39.8 Å². The maximum Gasteiger partial charge on any atom is 0.162 e. The van der Waals surface area contributed by atoms with Crippen LogP contribution < -0.4 is 19.7 Å². The highest BCUT2D eigenvalue weighted by Crippen LogP contribution is 2.36. The van der Waals surface area contributed by atoms with Crippen molar-refractivity contribution in [2.24, 2.45) is 0 Å². The van der Waals surface area contributed by atoms with Crippen LogP contribution in [0.4, 0.5) is 5.69 Å². The van der Waals surface area contributed by atoms with Gasteiger partial charge in [0, 0.05) is 30.9 Å². The molecule has 1 aromatic carbocycles. The summed E-state index contributed by atoms with van der Waals surface area (Å²) in [5, 5.41) is 3.23. The smallest absolute Gasteiger partial charge is 0.162 e. The number of rotatable bonds is 6. The molecular formula is C15H26N2O2. The van der Waals surface area contributed by atoms with E-state index in [0.29, 0.717) is 0 Å². The quantitative estimate of drug-likeness (QED) is 0.857. The Labute approximate surface area is 116 Å². The fourth-order valence-electron chi connectivity index (χ4n) is 2.21. The number of likely N-dealkylation sites (N-methyl/N-ethyl adjacent to an activating group) is 2. The summed E-state index contributed by atoms with van der Waals surface area (Å²) in [7, 11) is 7.39. The van der Waals surface area contributed by atoms with Crippen molar-refractivity contribution < 1.29 is 9.47 Å². The molecule has 0 saturated heterocycles. The molecule has 4 heteroatoms. The van der Waals surface area contributed by atoms with E-state index in [9.17, 15) is 0 Å². The summed E-state index contributed by atoms with van der Waals surface area (Å²) < 4.78 is 10.7. The van der Waals surface area contributed by atoms with Gasteiger partial charge >= 0.3 is 0 Å². The largest absolute Gasteiger partial charge is 0.493 e. The molecule has 0 aromatic heterocycles. The molecule has 0 bridgehead atoms. The van der Waals surface area contributed by atoms with Crippen LogP contribution in [0.2, 0.25) is 0 Å². The highest BCUT2D eigenvalue weighted by Gasteiger charge is 2.25. The summed E-state index contributed by atoms with van der Waals surface area (Å²) in [6, 6.07) is 4.05. The SMILES string of the molecule is CNCC(C)(C)N(C)c1cc(OC)c(OC)cc1C. The highest BCUT2D eigenvalue weighted by atomic mass is 16.5. The fraction of sp³-hybridized carbons (Fsp3) is 0.600. The van der Waals surface area contributed by atoms with E-state index >= 15 is 0 Å². The van der Waals surface area contributed by atoms with E-state index in [1.165, 1.54) is 5.56 Å². The van der Waals surface area contributed by atoms with Gasteiger partial charge in [-0.3, -0.25) is 0 Å². The molecule has 0 saturated carbocycles. The van der Waals surface area contributed by atoms with Crippen LogP contribution in [-0.4, -0.2) is 40.4 Å². The number of hydrogen-bond acceptors (Lipinski definition) is 4. The molecule has 0 unspecified atom stereocenters. The number of aryl methyl sites for hydroxylation is 1. The van der Waals surface area contributed by atoms with Crippen molar-refractivity contribution in [1.82, 2.24) is 5.32 Å². The lowest BCUT2D eigenvalue weighted by atomic mass is 10.0. The molecule has 0 amide bonds. The van der Waals surface area contributed by atoms with Gasteiger partial charge in [0.05, 0.1) is 14.2 Å². The molecule has 0 heterocycles. The van der Waals surface area contributed by atoms with Crippen molar-refractivity contribution in [1.29, 1.82) is 0 Å². The Morgan fingerprint density at radius 1 is 1.16 bits per heavy atom. The number of nitrogens with one attached hydrogen (secondary N) is 1. The molecule has 0 fully saturated rings. The highest BCUT2D eigenvalue weighted by molar-refractivity contribution is 5.62.